The smallest absolute Gasteiger partial charge is 0.202 e. The van der Waals surface area contributed by atoms with Crippen molar-refractivity contribution in [2.24, 2.45) is 0 Å². The highest BCUT2D eigenvalue weighted by Crippen LogP contribution is 2.45. The number of hydrogen-bond donors (Lipinski definition) is 1. The van der Waals surface area contributed by atoms with Crippen LogP contribution < -0.4 is 9.47 Å². The molecule has 7 heteroatoms. The van der Waals surface area contributed by atoms with Crippen molar-refractivity contribution in [1.82, 2.24) is 5.16 Å². The maximum atomic E-state index is 14.1. The van der Waals surface area contributed by atoms with E-state index in [-0.39, 0.29) is 41.0 Å². The normalized spacial score (nSPS) is 14.1. The van der Waals surface area contributed by atoms with Crippen molar-refractivity contribution in [3.05, 3.63) is 76.4 Å². The van der Waals surface area contributed by atoms with Gasteiger partial charge < -0.3 is 19.1 Å². The van der Waals surface area contributed by atoms with E-state index in [4.69, 9.17) is 14.0 Å². The average molecular weight is 435 g/mol. The molecule has 164 valence electrons. The van der Waals surface area contributed by atoms with E-state index in [1.165, 1.54) is 38.6 Å². The van der Waals surface area contributed by atoms with Crippen LogP contribution in [-0.4, -0.2) is 30.3 Å². The third-order valence-electron chi connectivity index (χ3n) is 5.58. The number of methoxy groups -OCH3 is 2. The number of carbonyl (C=O) groups is 1. The number of allylic oxidation sites excluding steroid dienone is 3. The van der Waals surface area contributed by atoms with E-state index in [0.717, 1.165) is 33.4 Å². The van der Waals surface area contributed by atoms with E-state index >= 15 is 0 Å². The number of phenols is 1. The van der Waals surface area contributed by atoms with Crippen molar-refractivity contribution in [1.29, 1.82) is 0 Å². The van der Waals surface area contributed by atoms with Crippen LogP contribution >= 0.6 is 0 Å². The summed E-state index contributed by atoms with van der Waals surface area (Å²) in [7, 11) is 2.93. The Balaban J connectivity index is 1.75. The number of Topliss-reactive ketones (excluding diaryl/α,β-unsaturated/α-hetero) is 1. The van der Waals surface area contributed by atoms with Crippen LogP contribution in [0.25, 0.3) is 17.2 Å². The van der Waals surface area contributed by atoms with Gasteiger partial charge in [0.25, 0.3) is 0 Å². The number of rotatable bonds is 7. The molecule has 6 nitrogen and oxygen atoms in total. The summed E-state index contributed by atoms with van der Waals surface area (Å²) in [6.45, 7) is 1.95. The highest BCUT2D eigenvalue weighted by atomic mass is 19.1. The van der Waals surface area contributed by atoms with Gasteiger partial charge in [0.15, 0.2) is 11.5 Å². The molecule has 0 bridgehead atoms. The number of phenolic OH excluding ortho intramolecular Hbond substituents is 1. The van der Waals surface area contributed by atoms with Crippen molar-refractivity contribution in [2.75, 3.05) is 14.2 Å². The first-order chi connectivity index (χ1) is 15.4. The third kappa shape index (κ3) is 3.89. The predicted molar refractivity (Wildman–Crippen MR) is 118 cm³/mol. The third-order valence-corrected chi connectivity index (χ3v) is 5.58. The standard InChI is InChI=1S/C25H22FNO5/c1-14-17(6-7-21(28)22-8-9-27-32-22)20-13-16(26)4-5-18(20)19(14)10-15-11-23(30-2)25(29)24(12-15)31-3/h4-5,8-13,29H,6-7H2,1-3H3. The fraction of sp³-hybridized carbons (Fsp3) is 0.200. The summed E-state index contributed by atoms with van der Waals surface area (Å²) < 4.78 is 29.5. The van der Waals surface area contributed by atoms with Crippen molar-refractivity contribution < 1.29 is 28.3 Å². The highest BCUT2D eigenvalue weighted by Gasteiger charge is 2.25. The minimum atomic E-state index is -0.343. The van der Waals surface area contributed by atoms with Crippen molar-refractivity contribution >= 4 is 23.0 Å². The molecule has 1 aliphatic carbocycles. The maximum absolute atomic E-state index is 14.1. The lowest BCUT2D eigenvalue weighted by Gasteiger charge is -2.11. The lowest BCUT2D eigenvalue weighted by atomic mass is 9.99. The summed E-state index contributed by atoms with van der Waals surface area (Å²) in [5, 5.41) is 13.8. The van der Waals surface area contributed by atoms with E-state index in [2.05, 4.69) is 5.16 Å². The fourth-order valence-electron chi connectivity index (χ4n) is 3.96. The molecule has 0 saturated carbocycles. The number of aromatic nitrogens is 1. The molecule has 32 heavy (non-hydrogen) atoms. The summed E-state index contributed by atoms with van der Waals surface area (Å²) in [4.78, 5) is 12.4. The molecule has 0 saturated heterocycles. The minimum absolute atomic E-state index is 0.0788. The molecule has 0 aliphatic heterocycles. The van der Waals surface area contributed by atoms with Gasteiger partial charge in [0.1, 0.15) is 5.82 Å². The van der Waals surface area contributed by atoms with Gasteiger partial charge in [0.05, 0.1) is 20.4 Å². The van der Waals surface area contributed by atoms with Gasteiger partial charge in [-0.2, -0.15) is 0 Å². The Bertz CT molecular complexity index is 1220. The number of nitrogens with zero attached hydrogens (tertiary/aromatic N) is 1. The van der Waals surface area contributed by atoms with Crippen LogP contribution in [0.15, 0.2) is 52.7 Å². The van der Waals surface area contributed by atoms with Crippen molar-refractivity contribution in [3.63, 3.8) is 0 Å². The monoisotopic (exact) mass is 435 g/mol. The van der Waals surface area contributed by atoms with Crippen LogP contribution in [0.4, 0.5) is 4.39 Å². The SMILES string of the molecule is COc1cc(C=C2C(C)=C(CCC(=O)c3ccno3)c3cc(F)ccc32)cc(OC)c1O. The van der Waals surface area contributed by atoms with Crippen LogP contribution in [-0.2, 0) is 0 Å². The Morgan fingerprint density at radius 3 is 2.47 bits per heavy atom. The van der Waals surface area contributed by atoms with Crippen molar-refractivity contribution in [3.8, 4) is 17.2 Å². The van der Waals surface area contributed by atoms with Gasteiger partial charge in [-0.1, -0.05) is 11.2 Å². The topological polar surface area (TPSA) is 81.8 Å². The summed E-state index contributed by atoms with van der Waals surface area (Å²) in [5.41, 5.74) is 5.13. The lowest BCUT2D eigenvalue weighted by Crippen LogP contribution is -1.98. The van der Waals surface area contributed by atoms with E-state index in [9.17, 15) is 14.3 Å². The van der Waals surface area contributed by atoms with Gasteiger partial charge in [-0.15, -0.1) is 0 Å². The number of benzene rings is 2. The Kier molecular flexibility index (Phi) is 5.81. The lowest BCUT2D eigenvalue weighted by molar-refractivity contribution is 0.0948. The zero-order chi connectivity index (χ0) is 22.8. The van der Waals surface area contributed by atoms with Crippen molar-refractivity contribution in [2.45, 2.75) is 19.8 Å². The number of halogens is 1. The molecule has 0 unspecified atom stereocenters. The van der Waals surface area contributed by atoms with Gasteiger partial charge in [-0.3, -0.25) is 4.79 Å². The minimum Gasteiger partial charge on any atom is -0.502 e. The summed E-state index contributed by atoms with van der Waals surface area (Å²) >= 11 is 0. The van der Waals surface area contributed by atoms with Crippen LogP contribution in [0, 0.1) is 5.82 Å². The van der Waals surface area contributed by atoms with Gasteiger partial charge in [0, 0.05) is 12.5 Å². The van der Waals surface area contributed by atoms with Gasteiger partial charge in [0.2, 0.25) is 17.3 Å². The first-order valence-electron chi connectivity index (χ1n) is 10.0. The van der Waals surface area contributed by atoms with Crippen LogP contribution in [0.2, 0.25) is 0 Å². The Morgan fingerprint density at radius 1 is 1.12 bits per heavy atom. The maximum Gasteiger partial charge on any atom is 0.202 e. The Labute approximate surface area is 184 Å². The molecular weight excluding hydrogens is 413 g/mol. The molecular formula is C25H22FNO5. The second kappa shape index (κ2) is 8.70. The Hall–Kier alpha value is -3.87. The number of fused-ring (bicyclic) bond motifs is 1. The fourth-order valence-corrected chi connectivity index (χ4v) is 3.96. The number of carbonyl (C=O) groups excluding carboxylic acids is 1. The van der Waals surface area contributed by atoms with Gasteiger partial charge in [-0.25, -0.2) is 4.39 Å². The summed E-state index contributed by atoms with van der Waals surface area (Å²) in [6, 6.07) is 9.58. The number of aromatic hydroxyl groups is 1. The van der Waals surface area contributed by atoms with Crippen LogP contribution in [0.1, 0.15) is 47.0 Å². The zero-order valence-corrected chi connectivity index (χ0v) is 17.9. The molecule has 0 radical (unpaired) electrons. The van der Waals surface area contributed by atoms with Gasteiger partial charge >= 0.3 is 0 Å². The second-order valence-corrected chi connectivity index (χ2v) is 7.43. The van der Waals surface area contributed by atoms with E-state index in [0.29, 0.717) is 6.42 Å². The Morgan fingerprint density at radius 2 is 1.84 bits per heavy atom. The molecule has 0 fully saturated rings. The number of hydrogen-bond acceptors (Lipinski definition) is 6. The van der Waals surface area contributed by atoms with Crippen LogP contribution in [0.3, 0.4) is 0 Å². The highest BCUT2D eigenvalue weighted by molar-refractivity contribution is 6.06. The van der Waals surface area contributed by atoms with E-state index in [1.54, 1.807) is 18.2 Å². The molecule has 4 rings (SSSR count). The molecule has 0 spiro atoms. The predicted octanol–water partition coefficient (Wildman–Crippen LogP) is 5.53. The van der Waals surface area contributed by atoms with E-state index in [1.807, 2.05) is 13.0 Å². The molecule has 1 N–H and O–H groups in total. The second-order valence-electron chi connectivity index (χ2n) is 7.43. The van der Waals surface area contributed by atoms with Gasteiger partial charge in [-0.05, 0) is 77.1 Å². The number of ketones is 1. The molecule has 1 aromatic heterocycles. The largest absolute Gasteiger partial charge is 0.502 e. The quantitative estimate of drug-likeness (QED) is 0.492. The molecule has 0 atom stereocenters. The summed E-state index contributed by atoms with van der Waals surface area (Å²) in [6.07, 6.45) is 4.01. The molecule has 3 aromatic rings. The first-order valence-corrected chi connectivity index (χ1v) is 10.0. The first kappa shape index (κ1) is 21.4. The molecule has 1 heterocycles. The molecule has 2 aromatic carbocycles. The average Bonchev–Trinajstić information content (AvgIpc) is 3.41. The molecule has 1 aliphatic rings. The van der Waals surface area contributed by atoms with E-state index < -0.39 is 0 Å². The molecule has 0 amide bonds. The zero-order valence-electron chi connectivity index (χ0n) is 17.9. The van der Waals surface area contributed by atoms with Crippen LogP contribution in [0.5, 0.6) is 17.2 Å². The summed E-state index contributed by atoms with van der Waals surface area (Å²) in [5.74, 6) is 0.196. The number of ether oxygens (including phenoxy) is 2.